The summed E-state index contributed by atoms with van der Waals surface area (Å²) in [5, 5.41) is 3.24. The lowest BCUT2D eigenvalue weighted by Gasteiger charge is -2.31. The summed E-state index contributed by atoms with van der Waals surface area (Å²) in [5.74, 6) is 2.17. The summed E-state index contributed by atoms with van der Waals surface area (Å²) in [6.45, 7) is 12.4. The van der Waals surface area contributed by atoms with E-state index in [2.05, 4.69) is 36.0 Å². The highest BCUT2D eigenvalue weighted by Crippen LogP contribution is 2.18. The van der Waals surface area contributed by atoms with Gasteiger partial charge in [0.2, 0.25) is 0 Å². The Morgan fingerprint density at radius 1 is 1.22 bits per heavy atom. The van der Waals surface area contributed by atoms with Gasteiger partial charge in [-0.1, -0.05) is 40.0 Å². The zero-order valence-electron chi connectivity index (χ0n) is 15.5. The van der Waals surface area contributed by atoms with Gasteiger partial charge in [0.1, 0.15) is 0 Å². The maximum atomic E-state index is 5.94. The third kappa shape index (κ3) is 12.0. The molecule has 0 spiro atoms. The second-order valence-corrected chi connectivity index (χ2v) is 7.18. The van der Waals surface area contributed by atoms with Gasteiger partial charge in [-0.3, -0.25) is 4.99 Å². The Kier molecular flexibility index (Phi) is 14.3. The van der Waals surface area contributed by atoms with E-state index in [0.29, 0.717) is 5.96 Å². The van der Waals surface area contributed by atoms with Crippen LogP contribution in [0.25, 0.3) is 0 Å². The summed E-state index contributed by atoms with van der Waals surface area (Å²) in [4.78, 5) is 7.14. The highest BCUT2D eigenvalue weighted by Gasteiger charge is 2.18. The highest BCUT2D eigenvalue weighted by atomic mass is 127. The number of guanidine groups is 1. The molecule has 1 rings (SSSR count). The van der Waals surface area contributed by atoms with Crippen molar-refractivity contribution in [2.24, 2.45) is 22.6 Å². The quantitative estimate of drug-likeness (QED) is 0.236. The van der Waals surface area contributed by atoms with E-state index in [1.165, 1.54) is 64.6 Å². The van der Waals surface area contributed by atoms with E-state index in [9.17, 15) is 0 Å². The topological polar surface area (TPSA) is 53.6 Å². The summed E-state index contributed by atoms with van der Waals surface area (Å²) < 4.78 is 0. The second-order valence-electron chi connectivity index (χ2n) is 7.18. The molecule has 0 radical (unpaired) electrons. The van der Waals surface area contributed by atoms with Crippen LogP contribution in [0, 0.1) is 11.8 Å². The molecule has 0 aliphatic carbocycles. The summed E-state index contributed by atoms with van der Waals surface area (Å²) in [5.41, 5.74) is 5.94. The number of hydrogen-bond acceptors (Lipinski definition) is 2. The van der Waals surface area contributed by atoms with Crippen molar-refractivity contribution in [3.05, 3.63) is 0 Å². The van der Waals surface area contributed by atoms with E-state index in [0.717, 1.165) is 24.9 Å². The SMILES string of the molecule is CCCCCCNC(N)=NCC1CCN(CCC(C)C)CC1.I. The summed E-state index contributed by atoms with van der Waals surface area (Å²) in [6.07, 6.45) is 8.92. The molecule has 0 aromatic rings. The average Bonchev–Trinajstić information content (AvgIpc) is 2.51. The Labute approximate surface area is 161 Å². The smallest absolute Gasteiger partial charge is 0.188 e. The predicted octanol–water partition coefficient (Wildman–Crippen LogP) is 3.85. The zero-order valence-corrected chi connectivity index (χ0v) is 17.9. The van der Waals surface area contributed by atoms with Crippen LogP contribution in [0.1, 0.15) is 65.7 Å². The first-order valence-corrected chi connectivity index (χ1v) is 9.38. The van der Waals surface area contributed by atoms with Gasteiger partial charge >= 0.3 is 0 Å². The van der Waals surface area contributed by atoms with E-state index >= 15 is 0 Å². The van der Waals surface area contributed by atoms with Gasteiger partial charge in [-0.15, -0.1) is 24.0 Å². The van der Waals surface area contributed by atoms with Crippen molar-refractivity contribution < 1.29 is 0 Å². The fourth-order valence-electron chi connectivity index (χ4n) is 2.88. The van der Waals surface area contributed by atoms with Crippen molar-refractivity contribution >= 4 is 29.9 Å². The fourth-order valence-corrected chi connectivity index (χ4v) is 2.88. The fraction of sp³-hybridized carbons (Fsp3) is 0.944. The largest absolute Gasteiger partial charge is 0.370 e. The normalized spacial score (nSPS) is 17.3. The summed E-state index contributed by atoms with van der Waals surface area (Å²) >= 11 is 0. The lowest BCUT2D eigenvalue weighted by molar-refractivity contribution is 0.180. The van der Waals surface area contributed by atoms with Crippen molar-refractivity contribution in [3.63, 3.8) is 0 Å². The number of nitrogens with zero attached hydrogens (tertiary/aromatic N) is 2. The molecule has 0 bridgehead atoms. The number of nitrogens with two attached hydrogens (primary N) is 1. The number of rotatable bonds is 10. The molecule has 0 amide bonds. The van der Waals surface area contributed by atoms with E-state index in [4.69, 9.17) is 5.73 Å². The molecule has 4 nitrogen and oxygen atoms in total. The third-order valence-electron chi connectivity index (χ3n) is 4.59. The van der Waals surface area contributed by atoms with E-state index in [1.807, 2.05) is 0 Å². The van der Waals surface area contributed by atoms with Crippen molar-refractivity contribution in [2.75, 3.05) is 32.7 Å². The Morgan fingerprint density at radius 2 is 1.91 bits per heavy atom. The van der Waals surface area contributed by atoms with Gasteiger partial charge in [0.25, 0.3) is 0 Å². The molecular formula is C18H39IN4. The van der Waals surface area contributed by atoms with Crippen molar-refractivity contribution in [3.8, 4) is 0 Å². The lowest BCUT2D eigenvalue weighted by atomic mass is 9.96. The molecule has 0 unspecified atom stereocenters. The minimum absolute atomic E-state index is 0. The Balaban J connectivity index is 0.00000484. The number of nitrogens with one attached hydrogen (secondary N) is 1. The van der Waals surface area contributed by atoms with Crippen LogP contribution < -0.4 is 11.1 Å². The maximum absolute atomic E-state index is 5.94. The summed E-state index contributed by atoms with van der Waals surface area (Å²) in [6, 6.07) is 0. The molecule has 0 aromatic heterocycles. The predicted molar refractivity (Wildman–Crippen MR) is 113 cm³/mol. The Hall–Kier alpha value is -0.0400. The van der Waals surface area contributed by atoms with Crippen LogP contribution in [-0.4, -0.2) is 43.6 Å². The number of aliphatic imine (C=N–C) groups is 1. The highest BCUT2D eigenvalue weighted by molar-refractivity contribution is 14.0. The monoisotopic (exact) mass is 438 g/mol. The van der Waals surface area contributed by atoms with Crippen molar-refractivity contribution in [2.45, 2.75) is 65.7 Å². The molecule has 23 heavy (non-hydrogen) atoms. The van der Waals surface area contributed by atoms with Crippen LogP contribution in [0.5, 0.6) is 0 Å². The maximum Gasteiger partial charge on any atom is 0.188 e. The van der Waals surface area contributed by atoms with Gasteiger partial charge in [0, 0.05) is 13.1 Å². The van der Waals surface area contributed by atoms with E-state index in [-0.39, 0.29) is 24.0 Å². The number of hydrogen-bond donors (Lipinski definition) is 2. The van der Waals surface area contributed by atoms with Gasteiger partial charge in [0.15, 0.2) is 5.96 Å². The molecular weight excluding hydrogens is 399 g/mol. The number of piperidine rings is 1. The first-order chi connectivity index (χ1) is 10.6. The van der Waals surface area contributed by atoms with Gasteiger partial charge in [0.05, 0.1) is 0 Å². The molecule has 3 N–H and O–H groups in total. The molecule has 5 heteroatoms. The molecule has 138 valence electrons. The van der Waals surface area contributed by atoms with Crippen molar-refractivity contribution in [1.29, 1.82) is 0 Å². The minimum atomic E-state index is 0. The first-order valence-electron chi connectivity index (χ1n) is 9.38. The Bertz CT molecular complexity index is 299. The van der Waals surface area contributed by atoms with E-state index in [1.54, 1.807) is 0 Å². The van der Waals surface area contributed by atoms with Crippen LogP contribution in [-0.2, 0) is 0 Å². The average molecular weight is 438 g/mol. The van der Waals surface area contributed by atoms with Gasteiger partial charge in [-0.2, -0.15) is 0 Å². The van der Waals surface area contributed by atoms with Crippen LogP contribution in [0.3, 0.4) is 0 Å². The zero-order chi connectivity index (χ0) is 16.2. The number of likely N-dealkylation sites (tertiary alicyclic amines) is 1. The van der Waals surface area contributed by atoms with Crippen LogP contribution in [0.2, 0.25) is 0 Å². The molecule has 1 fully saturated rings. The second kappa shape index (κ2) is 14.3. The van der Waals surface area contributed by atoms with Gasteiger partial charge < -0.3 is 16.0 Å². The standard InChI is InChI=1S/C18H38N4.HI/c1-4-5-6-7-11-20-18(19)21-15-17-9-13-22(14-10-17)12-8-16(2)3;/h16-17H,4-15H2,1-3H3,(H3,19,20,21);1H. The molecule has 1 heterocycles. The molecule has 1 aliphatic heterocycles. The number of unbranched alkanes of at least 4 members (excludes halogenated alkanes) is 3. The number of halogens is 1. The first kappa shape index (κ1) is 23.0. The van der Waals surface area contributed by atoms with Crippen molar-refractivity contribution in [1.82, 2.24) is 10.2 Å². The molecule has 0 saturated carbocycles. The summed E-state index contributed by atoms with van der Waals surface area (Å²) in [7, 11) is 0. The van der Waals surface area contributed by atoms with Gasteiger partial charge in [-0.25, -0.2) is 0 Å². The Morgan fingerprint density at radius 3 is 2.52 bits per heavy atom. The van der Waals surface area contributed by atoms with Crippen LogP contribution in [0.15, 0.2) is 4.99 Å². The molecule has 0 aromatic carbocycles. The minimum Gasteiger partial charge on any atom is -0.370 e. The van der Waals surface area contributed by atoms with Crippen LogP contribution in [0.4, 0.5) is 0 Å². The molecule has 0 atom stereocenters. The van der Waals surface area contributed by atoms with Gasteiger partial charge in [-0.05, 0) is 57.2 Å². The van der Waals surface area contributed by atoms with E-state index < -0.39 is 0 Å². The van der Waals surface area contributed by atoms with Crippen LogP contribution >= 0.6 is 24.0 Å². The molecule has 1 aliphatic rings. The third-order valence-corrected chi connectivity index (χ3v) is 4.59. The molecule has 1 saturated heterocycles. The lowest BCUT2D eigenvalue weighted by Crippen LogP contribution is -2.37.